The van der Waals surface area contributed by atoms with Gasteiger partial charge in [0.15, 0.2) is 11.7 Å². The molecule has 122 valence electrons. The highest BCUT2D eigenvalue weighted by molar-refractivity contribution is 6.17. The minimum Gasteiger partial charge on any atom is -0.409 e. The lowest BCUT2D eigenvalue weighted by atomic mass is 10.2. The molecule has 2 rings (SSSR count). The predicted molar refractivity (Wildman–Crippen MR) is 94.2 cm³/mol. The van der Waals surface area contributed by atoms with Gasteiger partial charge in [-0.1, -0.05) is 10.3 Å². The molecule has 2 aromatic carbocycles. The van der Waals surface area contributed by atoms with E-state index < -0.39 is 0 Å². The van der Waals surface area contributed by atoms with Gasteiger partial charge in [0.2, 0.25) is 0 Å². The van der Waals surface area contributed by atoms with Gasteiger partial charge in [0.1, 0.15) is 0 Å². The number of nitrogens with zero attached hydrogens (tertiary/aromatic N) is 4. The van der Waals surface area contributed by atoms with E-state index in [1.165, 1.54) is 0 Å². The highest BCUT2D eigenvalue weighted by atomic mass is 16.4. The van der Waals surface area contributed by atoms with Gasteiger partial charge in [-0.3, -0.25) is 9.98 Å². The summed E-state index contributed by atoms with van der Waals surface area (Å²) >= 11 is 0. The summed E-state index contributed by atoms with van der Waals surface area (Å²) in [4.78, 5) is 8.43. The molecule has 0 heterocycles. The maximum atomic E-state index is 8.59. The fraction of sp³-hybridized carbons (Fsp3) is 0. The van der Waals surface area contributed by atoms with Crippen molar-refractivity contribution in [1.29, 1.82) is 0 Å². The summed E-state index contributed by atoms with van der Waals surface area (Å²) in [5.74, 6) is 0.0878. The molecule has 0 aromatic heterocycles. The average molecular weight is 324 g/mol. The third kappa shape index (κ3) is 4.41. The Morgan fingerprint density at radius 2 is 1.00 bits per heavy atom. The number of rotatable bonds is 5. The van der Waals surface area contributed by atoms with Crippen molar-refractivity contribution in [3.05, 3.63) is 59.7 Å². The van der Waals surface area contributed by atoms with Crippen molar-refractivity contribution in [2.45, 2.75) is 0 Å². The van der Waals surface area contributed by atoms with Crippen molar-refractivity contribution in [2.24, 2.45) is 31.8 Å². The first-order valence-corrected chi connectivity index (χ1v) is 6.86. The van der Waals surface area contributed by atoms with Crippen LogP contribution in [0.25, 0.3) is 0 Å². The smallest absolute Gasteiger partial charge is 0.170 e. The van der Waals surface area contributed by atoms with E-state index in [1.807, 2.05) is 0 Å². The van der Waals surface area contributed by atoms with Crippen LogP contribution >= 0.6 is 0 Å². The summed E-state index contributed by atoms with van der Waals surface area (Å²) < 4.78 is 0. The SMILES string of the molecule is NC(=NO)c1ccc(N=CC=Nc2ccc(C(N)=NO)cc2)cc1. The van der Waals surface area contributed by atoms with Crippen LogP contribution in [0.3, 0.4) is 0 Å². The molecule has 0 aliphatic rings. The van der Waals surface area contributed by atoms with Gasteiger partial charge in [-0.15, -0.1) is 0 Å². The first-order chi connectivity index (χ1) is 11.6. The van der Waals surface area contributed by atoms with Gasteiger partial charge in [-0.2, -0.15) is 0 Å². The van der Waals surface area contributed by atoms with Crippen LogP contribution in [0.15, 0.2) is 68.8 Å². The molecule has 8 nitrogen and oxygen atoms in total. The molecule has 0 atom stereocenters. The topological polar surface area (TPSA) is 142 Å². The Balaban J connectivity index is 1.99. The van der Waals surface area contributed by atoms with Gasteiger partial charge >= 0.3 is 0 Å². The van der Waals surface area contributed by atoms with Gasteiger partial charge in [0.05, 0.1) is 11.4 Å². The average Bonchev–Trinajstić information content (AvgIpc) is 2.65. The molecule has 24 heavy (non-hydrogen) atoms. The van der Waals surface area contributed by atoms with E-state index in [0.717, 1.165) is 0 Å². The normalized spacial score (nSPS) is 13.0. The Hall–Kier alpha value is -3.68. The summed E-state index contributed by atoms with van der Waals surface area (Å²) in [6.45, 7) is 0. The zero-order chi connectivity index (χ0) is 17.4. The minimum absolute atomic E-state index is 0.0439. The first kappa shape index (κ1) is 16.7. The van der Waals surface area contributed by atoms with Crippen molar-refractivity contribution < 1.29 is 10.4 Å². The monoisotopic (exact) mass is 324 g/mol. The van der Waals surface area contributed by atoms with Crippen molar-refractivity contribution >= 4 is 35.5 Å². The minimum atomic E-state index is 0.0439. The molecule has 0 aliphatic carbocycles. The number of amidine groups is 2. The maximum absolute atomic E-state index is 8.59. The molecule has 0 amide bonds. The second-order valence-corrected chi connectivity index (χ2v) is 4.62. The highest BCUT2D eigenvalue weighted by Crippen LogP contribution is 2.13. The summed E-state index contributed by atoms with van der Waals surface area (Å²) in [7, 11) is 0. The number of aliphatic imine (C=N–C) groups is 2. The number of nitrogens with two attached hydrogens (primary N) is 2. The summed E-state index contributed by atoms with van der Waals surface area (Å²) in [6, 6.07) is 13.8. The summed E-state index contributed by atoms with van der Waals surface area (Å²) in [6.07, 6.45) is 3.10. The third-order valence-electron chi connectivity index (χ3n) is 3.06. The molecule has 0 fully saturated rings. The molecule has 6 N–H and O–H groups in total. The molecule has 0 radical (unpaired) electrons. The quantitative estimate of drug-likeness (QED) is 0.288. The Morgan fingerprint density at radius 1 is 0.667 bits per heavy atom. The molecule has 0 saturated carbocycles. The van der Waals surface area contributed by atoms with Crippen LogP contribution in [-0.4, -0.2) is 34.5 Å². The van der Waals surface area contributed by atoms with Gasteiger partial charge < -0.3 is 21.9 Å². The number of oxime groups is 2. The fourth-order valence-corrected chi connectivity index (χ4v) is 1.79. The Morgan fingerprint density at radius 3 is 1.29 bits per heavy atom. The first-order valence-electron chi connectivity index (χ1n) is 6.86. The van der Waals surface area contributed by atoms with E-state index in [1.54, 1.807) is 61.0 Å². The van der Waals surface area contributed by atoms with Crippen molar-refractivity contribution in [3.63, 3.8) is 0 Å². The molecular weight excluding hydrogens is 308 g/mol. The molecule has 0 saturated heterocycles. The lowest BCUT2D eigenvalue weighted by Gasteiger charge is -1.98. The molecular formula is C16H16N6O2. The van der Waals surface area contributed by atoms with E-state index in [0.29, 0.717) is 22.5 Å². The van der Waals surface area contributed by atoms with Gasteiger partial charge in [-0.25, -0.2) is 0 Å². The predicted octanol–water partition coefficient (Wildman–Crippen LogP) is 1.98. The van der Waals surface area contributed by atoms with Crippen LogP contribution in [0.4, 0.5) is 11.4 Å². The van der Waals surface area contributed by atoms with E-state index in [-0.39, 0.29) is 11.7 Å². The zero-order valence-corrected chi connectivity index (χ0v) is 12.6. The van der Waals surface area contributed by atoms with Crippen LogP contribution in [0, 0.1) is 0 Å². The number of hydrogen-bond donors (Lipinski definition) is 4. The molecule has 0 bridgehead atoms. The fourth-order valence-electron chi connectivity index (χ4n) is 1.79. The number of benzene rings is 2. The lowest BCUT2D eigenvalue weighted by Crippen LogP contribution is -2.12. The molecule has 0 aliphatic heterocycles. The van der Waals surface area contributed by atoms with Crippen LogP contribution in [0.5, 0.6) is 0 Å². The highest BCUT2D eigenvalue weighted by Gasteiger charge is 1.98. The van der Waals surface area contributed by atoms with Crippen molar-refractivity contribution in [2.75, 3.05) is 0 Å². The van der Waals surface area contributed by atoms with Gasteiger partial charge in [-0.05, 0) is 48.5 Å². The van der Waals surface area contributed by atoms with E-state index in [2.05, 4.69) is 20.3 Å². The zero-order valence-electron chi connectivity index (χ0n) is 12.6. The second kappa shape index (κ2) is 8.08. The molecule has 0 unspecified atom stereocenters. The Bertz CT molecular complexity index is 723. The van der Waals surface area contributed by atoms with Crippen LogP contribution in [0.1, 0.15) is 11.1 Å². The molecule has 8 heteroatoms. The van der Waals surface area contributed by atoms with Crippen molar-refractivity contribution in [3.8, 4) is 0 Å². The largest absolute Gasteiger partial charge is 0.409 e. The van der Waals surface area contributed by atoms with Crippen LogP contribution in [0.2, 0.25) is 0 Å². The molecule has 0 spiro atoms. The van der Waals surface area contributed by atoms with Crippen LogP contribution < -0.4 is 11.5 Å². The van der Waals surface area contributed by atoms with Gasteiger partial charge in [0, 0.05) is 23.6 Å². The third-order valence-corrected chi connectivity index (χ3v) is 3.06. The second-order valence-electron chi connectivity index (χ2n) is 4.62. The number of hydrogen-bond acceptors (Lipinski definition) is 6. The molecule has 2 aromatic rings. The Labute approximate surface area is 138 Å². The Kier molecular flexibility index (Phi) is 5.62. The summed E-state index contributed by atoms with van der Waals surface area (Å²) in [5, 5.41) is 23.0. The standard InChI is InChI=1S/C16H16N6O2/c17-15(21-23)11-1-5-13(6-2-11)19-9-10-20-14-7-3-12(4-8-14)16(18)22-24/h1-10,23-24H,(H2,17,21)(H2,18,22). The lowest BCUT2D eigenvalue weighted by molar-refractivity contribution is 0.318. The van der Waals surface area contributed by atoms with Gasteiger partial charge in [0.25, 0.3) is 0 Å². The maximum Gasteiger partial charge on any atom is 0.170 e. The van der Waals surface area contributed by atoms with E-state index in [4.69, 9.17) is 21.9 Å². The van der Waals surface area contributed by atoms with E-state index >= 15 is 0 Å². The van der Waals surface area contributed by atoms with E-state index in [9.17, 15) is 0 Å². The summed E-state index contributed by atoms with van der Waals surface area (Å²) in [5.41, 5.74) is 13.6. The van der Waals surface area contributed by atoms with Crippen LogP contribution in [-0.2, 0) is 0 Å². The van der Waals surface area contributed by atoms with Crippen molar-refractivity contribution in [1.82, 2.24) is 0 Å².